The average molecular weight is 643 g/mol. The van der Waals surface area contributed by atoms with Crippen molar-refractivity contribution in [3.05, 3.63) is 0 Å². The van der Waals surface area contributed by atoms with Crippen molar-refractivity contribution < 1.29 is 66.4 Å². The first-order valence-electron chi connectivity index (χ1n) is 15.7. The molecule has 0 aliphatic rings. The van der Waals surface area contributed by atoms with Gasteiger partial charge in [0.05, 0.1) is 133 Å². The number of unbranched alkanes of at least 4 members (excludes halogenated alkanes) is 3. The van der Waals surface area contributed by atoms with Crippen LogP contribution in [0.2, 0.25) is 0 Å². The third kappa shape index (κ3) is 36.7. The fourth-order valence-corrected chi connectivity index (χ4v) is 3.18. The average Bonchev–Trinajstić information content (AvgIpc) is 3.03. The number of esters is 2. The summed E-state index contributed by atoms with van der Waals surface area (Å²) in [6, 6.07) is 0. The molecule has 0 spiro atoms. The number of carbonyl (C=O) groups excluding carboxylic acids is 2. The highest BCUT2D eigenvalue weighted by Gasteiger charge is 2.02. The van der Waals surface area contributed by atoms with Crippen molar-refractivity contribution in [3.63, 3.8) is 0 Å². The molecule has 0 N–H and O–H groups in total. The normalized spacial score (nSPS) is 11.2. The van der Waals surface area contributed by atoms with Crippen LogP contribution in [0.5, 0.6) is 0 Å². The van der Waals surface area contributed by atoms with Crippen molar-refractivity contribution in [2.24, 2.45) is 0 Å². The van der Waals surface area contributed by atoms with E-state index < -0.39 is 5.97 Å². The van der Waals surface area contributed by atoms with E-state index in [1.54, 1.807) is 0 Å². The van der Waals surface area contributed by atoms with Crippen LogP contribution < -0.4 is 0 Å². The summed E-state index contributed by atoms with van der Waals surface area (Å²) in [5.41, 5.74) is 0. The summed E-state index contributed by atoms with van der Waals surface area (Å²) in [4.78, 5) is 22.4. The van der Waals surface area contributed by atoms with Crippen LogP contribution in [-0.4, -0.2) is 158 Å². The maximum atomic E-state index is 11.5. The molecular formula is C30H58O14. The number of ether oxygens (including phenoxy) is 12. The van der Waals surface area contributed by atoms with Crippen LogP contribution in [-0.2, 0) is 66.4 Å². The number of methoxy groups -OCH3 is 1. The van der Waals surface area contributed by atoms with E-state index in [1.165, 1.54) is 7.11 Å². The first-order chi connectivity index (χ1) is 21.7. The first kappa shape index (κ1) is 42.5. The zero-order valence-electron chi connectivity index (χ0n) is 27.1. The van der Waals surface area contributed by atoms with Crippen LogP contribution in [0.4, 0.5) is 0 Å². The molecule has 0 rings (SSSR count). The largest absolute Gasteiger partial charge is 0.467 e. The van der Waals surface area contributed by atoms with Crippen molar-refractivity contribution in [2.75, 3.05) is 146 Å². The van der Waals surface area contributed by atoms with E-state index in [0.717, 1.165) is 25.7 Å². The Morgan fingerprint density at radius 3 is 1.02 bits per heavy atom. The Morgan fingerprint density at radius 2 is 0.705 bits per heavy atom. The lowest BCUT2D eigenvalue weighted by molar-refractivity contribution is -0.146. The summed E-state index contributed by atoms with van der Waals surface area (Å²) in [5.74, 6) is -0.566. The quantitative estimate of drug-likeness (QED) is 0.0718. The van der Waals surface area contributed by atoms with Crippen LogP contribution in [0.3, 0.4) is 0 Å². The molecule has 0 aliphatic carbocycles. The fourth-order valence-electron chi connectivity index (χ4n) is 3.18. The maximum absolute atomic E-state index is 11.5. The highest BCUT2D eigenvalue weighted by atomic mass is 16.6. The van der Waals surface area contributed by atoms with Crippen LogP contribution >= 0.6 is 0 Å². The van der Waals surface area contributed by atoms with Gasteiger partial charge in [0, 0.05) is 6.42 Å². The molecular weight excluding hydrogens is 584 g/mol. The van der Waals surface area contributed by atoms with Gasteiger partial charge in [0.1, 0.15) is 13.2 Å². The van der Waals surface area contributed by atoms with Crippen molar-refractivity contribution in [3.8, 4) is 0 Å². The Morgan fingerprint density at radius 1 is 0.386 bits per heavy atom. The standard InChI is InChI=1S/C30H58O14/c1-3-4-5-6-7-29(31)44-27-26-42-23-22-40-19-18-38-15-14-36-11-10-34-8-9-35-12-13-37-16-17-39-20-21-41-24-25-43-28-30(32)33-2/h3-28H2,1-2H3. The second-order valence-corrected chi connectivity index (χ2v) is 9.17. The minimum Gasteiger partial charge on any atom is -0.467 e. The van der Waals surface area contributed by atoms with Crippen molar-refractivity contribution in [1.29, 1.82) is 0 Å². The Hall–Kier alpha value is -1.46. The van der Waals surface area contributed by atoms with Gasteiger partial charge in [-0.05, 0) is 6.42 Å². The molecule has 0 saturated heterocycles. The first-order valence-corrected chi connectivity index (χ1v) is 15.7. The molecule has 0 amide bonds. The molecule has 0 atom stereocenters. The predicted octanol–water partition coefficient (Wildman–Crippen LogP) is 1.84. The number of carbonyl (C=O) groups is 2. The van der Waals surface area contributed by atoms with E-state index in [1.807, 2.05) is 0 Å². The summed E-state index contributed by atoms with van der Waals surface area (Å²) in [7, 11) is 1.31. The second kappa shape index (κ2) is 37.7. The lowest BCUT2D eigenvalue weighted by atomic mass is 10.2. The third-order valence-corrected chi connectivity index (χ3v) is 5.52. The number of rotatable bonds is 37. The molecule has 0 aromatic rings. The van der Waals surface area contributed by atoms with E-state index in [0.29, 0.717) is 132 Å². The summed E-state index contributed by atoms with van der Waals surface area (Å²) < 4.78 is 63.4. The monoisotopic (exact) mass is 642 g/mol. The third-order valence-electron chi connectivity index (χ3n) is 5.52. The number of hydrogen-bond acceptors (Lipinski definition) is 14. The van der Waals surface area contributed by atoms with Crippen LogP contribution in [0.25, 0.3) is 0 Å². The van der Waals surface area contributed by atoms with E-state index >= 15 is 0 Å². The zero-order valence-corrected chi connectivity index (χ0v) is 27.1. The van der Waals surface area contributed by atoms with Crippen molar-refractivity contribution in [2.45, 2.75) is 39.0 Å². The Balaban J connectivity index is 3.09. The summed E-state index contributed by atoms with van der Waals surface area (Å²) >= 11 is 0. The van der Waals surface area contributed by atoms with E-state index in [2.05, 4.69) is 11.7 Å². The van der Waals surface area contributed by atoms with Crippen LogP contribution in [0.1, 0.15) is 39.0 Å². The molecule has 0 saturated carbocycles. The SMILES string of the molecule is CCCCCCC(=O)OCCOCCOCCOCCOCCOCCOCCOCCOCCOCCOCC(=O)OC. The Bertz CT molecular complexity index is 596. The number of hydrogen-bond donors (Lipinski definition) is 0. The van der Waals surface area contributed by atoms with Gasteiger partial charge in [0.15, 0.2) is 0 Å². The second-order valence-electron chi connectivity index (χ2n) is 9.17. The van der Waals surface area contributed by atoms with Gasteiger partial charge in [-0.25, -0.2) is 4.79 Å². The fraction of sp³-hybridized carbons (Fsp3) is 0.933. The summed E-state index contributed by atoms with van der Waals surface area (Å²) in [6.45, 7) is 11.1. The molecule has 0 aromatic heterocycles. The molecule has 262 valence electrons. The van der Waals surface area contributed by atoms with Gasteiger partial charge >= 0.3 is 11.9 Å². The topological polar surface area (TPSA) is 145 Å². The van der Waals surface area contributed by atoms with E-state index in [9.17, 15) is 9.59 Å². The molecule has 0 bridgehead atoms. The molecule has 0 heterocycles. The predicted molar refractivity (Wildman–Crippen MR) is 160 cm³/mol. The van der Waals surface area contributed by atoms with Crippen molar-refractivity contribution in [1.82, 2.24) is 0 Å². The molecule has 14 heteroatoms. The minimum absolute atomic E-state index is 0.0725. The van der Waals surface area contributed by atoms with E-state index in [4.69, 9.17) is 52.1 Å². The smallest absolute Gasteiger partial charge is 0.331 e. The lowest BCUT2D eigenvalue weighted by Gasteiger charge is -2.09. The van der Waals surface area contributed by atoms with Gasteiger partial charge in [-0.1, -0.05) is 26.2 Å². The molecule has 0 aliphatic heterocycles. The zero-order chi connectivity index (χ0) is 32.0. The van der Waals surface area contributed by atoms with Gasteiger partial charge in [0.25, 0.3) is 0 Å². The van der Waals surface area contributed by atoms with Gasteiger partial charge < -0.3 is 56.8 Å². The molecule has 14 nitrogen and oxygen atoms in total. The van der Waals surface area contributed by atoms with E-state index in [-0.39, 0.29) is 19.2 Å². The Labute approximate surface area is 263 Å². The molecule has 0 radical (unpaired) electrons. The van der Waals surface area contributed by atoms with Crippen molar-refractivity contribution >= 4 is 11.9 Å². The van der Waals surface area contributed by atoms with Gasteiger partial charge in [0.2, 0.25) is 0 Å². The molecule has 0 aromatic carbocycles. The Kier molecular flexibility index (Phi) is 36.5. The van der Waals surface area contributed by atoms with Crippen LogP contribution in [0.15, 0.2) is 0 Å². The molecule has 0 fully saturated rings. The molecule has 44 heavy (non-hydrogen) atoms. The highest BCUT2D eigenvalue weighted by Crippen LogP contribution is 2.03. The van der Waals surface area contributed by atoms with Gasteiger partial charge in [-0.3, -0.25) is 4.79 Å². The van der Waals surface area contributed by atoms with Gasteiger partial charge in [-0.15, -0.1) is 0 Å². The maximum Gasteiger partial charge on any atom is 0.331 e. The minimum atomic E-state index is -0.410. The highest BCUT2D eigenvalue weighted by molar-refractivity contribution is 5.70. The summed E-state index contributed by atoms with van der Waals surface area (Å²) in [6.07, 6.45) is 4.74. The lowest BCUT2D eigenvalue weighted by Crippen LogP contribution is -2.16. The molecule has 0 unspecified atom stereocenters. The summed E-state index contributed by atoms with van der Waals surface area (Å²) in [5, 5.41) is 0. The van der Waals surface area contributed by atoms with Gasteiger partial charge in [-0.2, -0.15) is 0 Å². The van der Waals surface area contributed by atoms with Crippen LogP contribution in [0, 0.1) is 0 Å².